The van der Waals surface area contributed by atoms with Gasteiger partial charge in [-0.3, -0.25) is 0 Å². The lowest BCUT2D eigenvalue weighted by Crippen LogP contribution is -2.36. The molecule has 5 heteroatoms. The zero-order valence-electron chi connectivity index (χ0n) is 7.43. The van der Waals surface area contributed by atoms with E-state index in [-0.39, 0.29) is 12.2 Å². The summed E-state index contributed by atoms with van der Waals surface area (Å²) in [4.78, 5) is 0. The van der Waals surface area contributed by atoms with Crippen LogP contribution in [0.1, 0.15) is 18.0 Å². The predicted molar refractivity (Wildman–Crippen MR) is 60.8 cm³/mol. The molecule has 14 heavy (non-hydrogen) atoms. The maximum atomic E-state index is 5.96. The topological polar surface area (TPSA) is 50.1 Å². The van der Waals surface area contributed by atoms with Crippen LogP contribution in [0.25, 0.3) is 0 Å². The van der Waals surface area contributed by atoms with Gasteiger partial charge in [0, 0.05) is 15.5 Å². The van der Waals surface area contributed by atoms with Crippen molar-refractivity contribution in [2.75, 3.05) is 0 Å². The first kappa shape index (κ1) is 10.4. The number of hydrogen-bond donors (Lipinski definition) is 3. The number of halogens is 2. The van der Waals surface area contributed by atoms with Crippen molar-refractivity contribution < 1.29 is 0 Å². The van der Waals surface area contributed by atoms with Crippen LogP contribution in [-0.2, 0) is 0 Å². The summed E-state index contributed by atoms with van der Waals surface area (Å²) in [5.74, 6) is 0. The minimum Gasteiger partial charge on any atom is -0.315 e. The van der Waals surface area contributed by atoms with Crippen molar-refractivity contribution in [1.82, 2.24) is 10.9 Å². The molecule has 0 amide bonds. The average Bonchev–Trinajstić information content (AvgIpc) is 2.50. The van der Waals surface area contributed by atoms with Gasteiger partial charge < -0.3 is 5.73 Å². The Hall–Kier alpha value is -0.130. The monoisotopic (exact) mass is 275 g/mol. The van der Waals surface area contributed by atoms with Gasteiger partial charge in [-0.25, -0.2) is 10.9 Å². The molecule has 0 saturated carbocycles. The maximum Gasteiger partial charge on any atom is 0.0698 e. The van der Waals surface area contributed by atoms with Gasteiger partial charge in [0.2, 0.25) is 0 Å². The second-order valence-corrected chi connectivity index (χ2v) is 4.74. The summed E-state index contributed by atoms with van der Waals surface area (Å²) in [5.41, 5.74) is 13.0. The molecule has 0 aromatic heterocycles. The van der Waals surface area contributed by atoms with Crippen molar-refractivity contribution in [2.45, 2.75) is 18.6 Å². The fraction of sp³-hybridized carbons (Fsp3) is 0.333. The first-order valence-corrected chi connectivity index (χ1v) is 5.55. The molecule has 2 atom stereocenters. The van der Waals surface area contributed by atoms with Crippen LogP contribution in [0.15, 0.2) is 22.7 Å². The average molecular weight is 277 g/mol. The molecule has 1 heterocycles. The first-order valence-electron chi connectivity index (χ1n) is 4.38. The van der Waals surface area contributed by atoms with Crippen molar-refractivity contribution in [3.8, 4) is 0 Å². The summed E-state index contributed by atoms with van der Waals surface area (Å²) in [6.07, 6.45) is 0.880. The van der Waals surface area contributed by atoms with Crippen molar-refractivity contribution in [1.29, 1.82) is 0 Å². The van der Waals surface area contributed by atoms with E-state index < -0.39 is 0 Å². The summed E-state index contributed by atoms with van der Waals surface area (Å²) in [6, 6.07) is 6.10. The van der Waals surface area contributed by atoms with E-state index in [0.29, 0.717) is 0 Å². The summed E-state index contributed by atoms with van der Waals surface area (Å²) in [5, 5.41) is 0.733. The molecule has 1 aromatic rings. The van der Waals surface area contributed by atoms with Crippen LogP contribution in [0.3, 0.4) is 0 Å². The van der Waals surface area contributed by atoms with Crippen LogP contribution < -0.4 is 16.6 Å². The standard InChI is InChI=1S/C9H11BrClN3/c10-6-1-5(2-7(11)3-6)8-4-9(12)14-13-8/h1-3,8-9,13-14H,4,12H2. The number of nitrogens with two attached hydrogens (primary N) is 1. The Labute approximate surface area is 96.1 Å². The molecule has 1 aliphatic rings. The van der Waals surface area contributed by atoms with E-state index in [4.69, 9.17) is 17.3 Å². The van der Waals surface area contributed by atoms with Crippen LogP contribution in [0, 0.1) is 0 Å². The van der Waals surface area contributed by atoms with Gasteiger partial charge in [-0.1, -0.05) is 27.5 Å². The zero-order chi connectivity index (χ0) is 10.1. The fourth-order valence-electron chi connectivity index (χ4n) is 1.58. The van der Waals surface area contributed by atoms with Crippen molar-refractivity contribution >= 4 is 27.5 Å². The molecule has 4 N–H and O–H groups in total. The normalized spacial score (nSPS) is 26.8. The molecule has 1 saturated heterocycles. The predicted octanol–water partition coefficient (Wildman–Crippen LogP) is 1.93. The van der Waals surface area contributed by atoms with Crippen LogP contribution in [-0.4, -0.2) is 6.17 Å². The van der Waals surface area contributed by atoms with E-state index in [1.807, 2.05) is 18.2 Å². The highest BCUT2D eigenvalue weighted by Crippen LogP contribution is 2.27. The molecule has 1 aromatic carbocycles. The van der Waals surface area contributed by atoms with E-state index in [0.717, 1.165) is 21.5 Å². The molecule has 0 aliphatic carbocycles. The van der Waals surface area contributed by atoms with Crippen LogP contribution in [0.2, 0.25) is 5.02 Å². The third kappa shape index (κ3) is 2.27. The Balaban J connectivity index is 2.23. The highest BCUT2D eigenvalue weighted by molar-refractivity contribution is 9.10. The number of benzene rings is 1. The Morgan fingerprint density at radius 3 is 2.71 bits per heavy atom. The highest BCUT2D eigenvalue weighted by Gasteiger charge is 2.22. The van der Waals surface area contributed by atoms with Gasteiger partial charge in [-0.2, -0.15) is 0 Å². The Kier molecular flexibility index (Phi) is 3.09. The molecular formula is C9H11BrClN3. The lowest BCUT2D eigenvalue weighted by molar-refractivity contribution is 0.551. The molecule has 0 spiro atoms. The molecule has 0 bridgehead atoms. The number of hydrazine groups is 1. The fourth-order valence-corrected chi connectivity index (χ4v) is 2.46. The van der Waals surface area contributed by atoms with Crippen LogP contribution in [0.4, 0.5) is 0 Å². The van der Waals surface area contributed by atoms with E-state index in [9.17, 15) is 0 Å². The molecule has 1 fully saturated rings. The van der Waals surface area contributed by atoms with Crippen molar-refractivity contribution in [2.24, 2.45) is 5.73 Å². The van der Waals surface area contributed by atoms with Gasteiger partial charge in [0.1, 0.15) is 0 Å². The number of rotatable bonds is 1. The lowest BCUT2D eigenvalue weighted by atomic mass is 10.1. The third-order valence-electron chi connectivity index (χ3n) is 2.22. The minimum atomic E-state index is 0.0118. The second kappa shape index (κ2) is 4.16. The SMILES string of the molecule is NC1CC(c2cc(Cl)cc(Br)c2)NN1. The molecule has 2 rings (SSSR count). The second-order valence-electron chi connectivity index (χ2n) is 3.39. The maximum absolute atomic E-state index is 5.96. The van der Waals surface area contributed by atoms with E-state index in [1.165, 1.54) is 0 Å². The lowest BCUT2D eigenvalue weighted by Gasteiger charge is -2.10. The van der Waals surface area contributed by atoms with Gasteiger partial charge >= 0.3 is 0 Å². The van der Waals surface area contributed by atoms with E-state index >= 15 is 0 Å². The van der Waals surface area contributed by atoms with Gasteiger partial charge in [0.25, 0.3) is 0 Å². The Bertz CT molecular complexity index is 325. The largest absolute Gasteiger partial charge is 0.315 e. The van der Waals surface area contributed by atoms with E-state index in [2.05, 4.69) is 26.8 Å². The summed E-state index contributed by atoms with van der Waals surface area (Å²) >= 11 is 9.37. The highest BCUT2D eigenvalue weighted by atomic mass is 79.9. The van der Waals surface area contributed by atoms with Crippen molar-refractivity contribution in [3.63, 3.8) is 0 Å². The molecule has 3 nitrogen and oxygen atoms in total. The van der Waals surface area contributed by atoms with Crippen LogP contribution in [0.5, 0.6) is 0 Å². The molecule has 2 unspecified atom stereocenters. The van der Waals surface area contributed by atoms with Gasteiger partial charge in [0.15, 0.2) is 0 Å². The van der Waals surface area contributed by atoms with Crippen LogP contribution >= 0.6 is 27.5 Å². The number of nitrogens with one attached hydrogen (secondary N) is 2. The molecule has 1 aliphatic heterocycles. The Morgan fingerprint density at radius 2 is 2.14 bits per heavy atom. The molecular weight excluding hydrogens is 265 g/mol. The summed E-state index contributed by atoms with van der Waals surface area (Å²) < 4.78 is 0.988. The number of hydrogen-bond acceptors (Lipinski definition) is 3. The molecule has 0 radical (unpaired) electrons. The van der Waals surface area contributed by atoms with Gasteiger partial charge in [-0.05, 0) is 30.2 Å². The zero-order valence-corrected chi connectivity index (χ0v) is 9.77. The molecule has 76 valence electrons. The Morgan fingerprint density at radius 1 is 1.36 bits per heavy atom. The first-order chi connectivity index (χ1) is 6.65. The van der Waals surface area contributed by atoms with Gasteiger partial charge in [-0.15, -0.1) is 0 Å². The van der Waals surface area contributed by atoms with Gasteiger partial charge in [0.05, 0.1) is 6.17 Å². The summed E-state index contributed by atoms with van der Waals surface area (Å²) in [7, 11) is 0. The van der Waals surface area contributed by atoms with E-state index in [1.54, 1.807) is 0 Å². The quantitative estimate of drug-likeness (QED) is 0.734. The minimum absolute atomic E-state index is 0.0118. The third-order valence-corrected chi connectivity index (χ3v) is 2.90. The smallest absolute Gasteiger partial charge is 0.0698 e. The summed E-state index contributed by atoms with van der Waals surface area (Å²) in [6.45, 7) is 0. The van der Waals surface area contributed by atoms with Crippen molar-refractivity contribution in [3.05, 3.63) is 33.3 Å².